The minimum absolute atomic E-state index is 0.0543. The predicted octanol–water partition coefficient (Wildman–Crippen LogP) is 3.51. The molecule has 0 radical (unpaired) electrons. The fourth-order valence-corrected chi connectivity index (χ4v) is 5.46. The van der Waals surface area contributed by atoms with Crippen molar-refractivity contribution in [3.05, 3.63) is 63.2 Å². The van der Waals surface area contributed by atoms with Crippen molar-refractivity contribution in [3.63, 3.8) is 0 Å². The minimum atomic E-state index is -3.99. The summed E-state index contributed by atoms with van der Waals surface area (Å²) in [5.41, 5.74) is 3.18. The van der Waals surface area contributed by atoms with E-state index in [1.807, 2.05) is 13.0 Å². The average Bonchev–Trinajstić information content (AvgIpc) is 3.23. The molecule has 1 aliphatic carbocycles. The van der Waals surface area contributed by atoms with E-state index in [1.165, 1.54) is 30.4 Å². The maximum atomic E-state index is 13.3. The molecule has 3 rings (SSSR count). The number of amides is 1. The zero-order chi connectivity index (χ0) is 24.3. The number of ether oxygens (including phenoxy) is 1. The number of carbonyl (C=O) groups is 1. The van der Waals surface area contributed by atoms with Crippen molar-refractivity contribution in [2.45, 2.75) is 51.6 Å². The highest BCUT2D eigenvalue weighted by atomic mass is 32.2. The van der Waals surface area contributed by atoms with Crippen molar-refractivity contribution < 1.29 is 22.9 Å². The first-order valence-electron chi connectivity index (χ1n) is 10.8. The second-order valence-electron chi connectivity index (χ2n) is 8.21. The third-order valence-corrected chi connectivity index (χ3v) is 7.09. The van der Waals surface area contributed by atoms with Gasteiger partial charge >= 0.3 is 0 Å². The second-order valence-corrected chi connectivity index (χ2v) is 10.1. The van der Waals surface area contributed by atoms with Crippen LogP contribution < -0.4 is 14.4 Å². The van der Waals surface area contributed by atoms with E-state index in [2.05, 4.69) is 17.4 Å². The molecule has 0 aromatic heterocycles. The fraction of sp³-hybridized carbons (Fsp3) is 0.435. The lowest BCUT2D eigenvalue weighted by molar-refractivity contribution is -0.384. The van der Waals surface area contributed by atoms with Crippen molar-refractivity contribution >= 4 is 27.3 Å². The Labute approximate surface area is 193 Å². The van der Waals surface area contributed by atoms with Crippen LogP contribution in [0.3, 0.4) is 0 Å². The molecule has 0 spiro atoms. The first kappa shape index (κ1) is 24.5. The van der Waals surface area contributed by atoms with Crippen molar-refractivity contribution in [2.24, 2.45) is 0 Å². The Hall–Kier alpha value is -3.14. The number of non-ortho nitro benzene ring substituents is 1. The molecule has 10 heteroatoms. The van der Waals surface area contributed by atoms with E-state index in [0.717, 1.165) is 41.5 Å². The fourth-order valence-electron chi connectivity index (χ4n) is 4.25. The quantitative estimate of drug-likeness (QED) is 0.438. The molecule has 1 aliphatic rings. The highest BCUT2D eigenvalue weighted by Gasteiger charge is 2.35. The van der Waals surface area contributed by atoms with Crippen molar-refractivity contribution in [3.8, 4) is 5.75 Å². The summed E-state index contributed by atoms with van der Waals surface area (Å²) >= 11 is 0. The van der Waals surface area contributed by atoms with Gasteiger partial charge in [0.15, 0.2) is 0 Å². The molecule has 0 fully saturated rings. The number of nitro groups is 1. The van der Waals surface area contributed by atoms with Crippen LogP contribution in [0.1, 0.15) is 49.4 Å². The molecule has 33 heavy (non-hydrogen) atoms. The van der Waals surface area contributed by atoms with E-state index < -0.39 is 26.9 Å². The third kappa shape index (κ3) is 5.27. The molecule has 9 nitrogen and oxygen atoms in total. The van der Waals surface area contributed by atoms with Crippen LogP contribution in [-0.4, -0.2) is 38.7 Å². The summed E-state index contributed by atoms with van der Waals surface area (Å²) in [5.74, 6) is -0.381. The van der Waals surface area contributed by atoms with Gasteiger partial charge in [-0.1, -0.05) is 25.1 Å². The lowest BCUT2D eigenvalue weighted by Gasteiger charge is -2.31. The topological polar surface area (TPSA) is 119 Å². The van der Waals surface area contributed by atoms with E-state index in [-0.39, 0.29) is 29.6 Å². The number of carbonyl (C=O) groups excluding carboxylic acids is 1. The van der Waals surface area contributed by atoms with E-state index in [4.69, 9.17) is 4.74 Å². The molecule has 1 amide bonds. The maximum absolute atomic E-state index is 13.3. The molecule has 2 unspecified atom stereocenters. The van der Waals surface area contributed by atoms with Gasteiger partial charge in [0.2, 0.25) is 15.9 Å². The van der Waals surface area contributed by atoms with Crippen LogP contribution in [0.15, 0.2) is 36.4 Å². The molecule has 0 heterocycles. The SMILES string of the molecule is CCC(C(=O)NC(C)c1ccc2c(c1)CCC2)N(c1cc([N+](=O)[O-])ccc1OC)S(C)(=O)=O. The first-order chi connectivity index (χ1) is 15.6. The molecule has 0 saturated heterocycles. The Balaban J connectivity index is 1.94. The van der Waals surface area contributed by atoms with E-state index in [9.17, 15) is 23.3 Å². The van der Waals surface area contributed by atoms with Crippen molar-refractivity contribution in [1.29, 1.82) is 0 Å². The van der Waals surface area contributed by atoms with Crippen LogP contribution in [0, 0.1) is 10.1 Å². The molecule has 178 valence electrons. The Bertz CT molecular complexity index is 1160. The number of anilines is 1. The molecule has 2 aromatic rings. The molecule has 0 bridgehead atoms. The number of fused-ring (bicyclic) bond motifs is 1. The monoisotopic (exact) mass is 475 g/mol. The number of nitrogens with zero attached hydrogens (tertiary/aromatic N) is 2. The van der Waals surface area contributed by atoms with Gasteiger partial charge in [-0.05, 0) is 55.4 Å². The smallest absolute Gasteiger partial charge is 0.271 e. The summed E-state index contributed by atoms with van der Waals surface area (Å²) in [6, 6.07) is 8.34. The Morgan fingerprint density at radius 2 is 1.91 bits per heavy atom. The molecule has 1 N–H and O–H groups in total. The number of sulfonamides is 1. The normalized spacial score (nSPS) is 14.8. The zero-order valence-electron chi connectivity index (χ0n) is 19.2. The number of benzene rings is 2. The van der Waals surface area contributed by atoms with Crippen LogP contribution in [0.5, 0.6) is 5.75 Å². The standard InChI is InChI=1S/C23H29N3O6S/c1-5-20(23(27)24-15(2)17-10-9-16-7-6-8-18(16)13-17)25(33(4,30)31)21-14-19(26(28)29)11-12-22(21)32-3/h9-15,20H,5-8H2,1-4H3,(H,24,27). The first-order valence-corrected chi connectivity index (χ1v) is 12.7. The number of hydrogen-bond donors (Lipinski definition) is 1. The maximum Gasteiger partial charge on any atom is 0.271 e. The highest BCUT2D eigenvalue weighted by molar-refractivity contribution is 7.92. The van der Waals surface area contributed by atoms with Gasteiger partial charge < -0.3 is 10.1 Å². The van der Waals surface area contributed by atoms with Crippen LogP contribution >= 0.6 is 0 Å². The molecular formula is C23H29N3O6S. The number of hydrogen-bond acceptors (Lipinski definition) is 6. The van der Waals surface area contributed by atoms with Gasteiger partial charge in [0, 0.05) is 12.1 Å². The number of rotatable bonds is 9. The number of aryl methyl sites for hydroxylation is 2. The summed E-state index contributed by atoms with van der Waals surface area (Å²) in [7, 11) is -2.65. The molecule has 0 saturated carbocycles. The van der Waals surface area contributed by atoms with Crippen LogP contribution in [0.2, 0.25) is 0 Å². The predicted molar refractivity (Wildman–Crippen MR) is 126 cm³/mol. The minimum Gasteiger partial charge on any atom is -0.495 e. The highest BCUT2D eigenvalue weighted by Crippen LogP contribution is 2.36. The summed E-state index contributed by atoms with van der Waals surface area (Å²) in [4.78, 5) is 24.0. The van der Waals surface area contributed by atoms with E-state index in [1.54, 1.807) is 6.92 Å². The zero-order valence-corrected chi connectivity index (χ0v) is 20.0. The summed E-state index contributed by atoms with van der Waals surface area (Å²) in [6.45, 7) is 3.53. The Kier molecular flexibility index (Phi) is 7.26. The van der Waals surface area contributed by atoms with Crippen LogP contribution in [0.25, 0.3) is 0 Å². The molecular weight excluding hydrogens is 446 g/mol. The average molecular weight is 476 g/mol. The largest absolute Gasteiger partial charge is 0.495 e. The van der Waals surface area contributed by atoms with Gasteiger partial charge in [-0.3, -0.25) is 19.2 Å². The van der Waals surface area contributed by atoms with E-state index in [0.29, 0.717) is 0 Å². The summed E-state index contributed by atoms with van der Waals surface area (Å²) < 4.78 is 31.7. The van der Waals surface area contributed by atoms with Crippen molar-refractivity contribution in [2.75, 3.05) is 17.7 Å². The Morgan fingerprint density at radius 3 is 2.52 bits per heavy atom. The lowest BCUT2D eigenvalue weighted by atomic mass is 10.0. The van der Waals surface area contributed by atoms with Crippen LogP contribution in [0.4, 0.5) is 11.4 Å². The molecule has 0 aliphatic heterocycles. The van der Waals surface area contributed by atoms with Gasteiger partial charge in [-0.25, -0.2) is 8.42 Å². The molecule has 2 atom stereocenters. The van der Waals surface area contributed by atoms with E-state index >= 15 is 0 Å². The van der Waals surface area contributed by atoms with Gasteiger partial charge in [0.1, 0.15) is 17.5 Å². The summed E-state index contributed by atoms with van der Waals surface area (Å²) in [6.07, 6.45) is 4.30. The Morgan fingerprint density at radius 1 is 1.21 bits per heavy atom. The van der Waals surface area contributed by atoms with Gasteiger partial charge in [-0.2, -0.15) is 0 Å². The number of nitrogens with one attached hydrogen (secondary N) is 1. The van der Waals surface area contributed by atoms with Crippen LogP contribution in [-0.2, 0) is 27.7 Å². The summed E-state index contributed by atoms with van der Waals surface area (Å²) in [5, 5.41) is 14.2. The molecule has 2 aromatic carbocycles. The van der Waals surface area contributed by atoms with Gasteiger partial charge in [-0.15, -0.1) is 0 Å². The number of methoxy groups -OCH3 is 1. The third-order valence-electron chi connectivity index (χ3n) is 5.92. The van der Waals surface area contributed by atoms with Gasteiger partial charge in [0.05, 0.1) is 24.3 Å². The number of nitro benzene ring substituents is 1. The van der Waals surface area contributed by atoms with Gasteiger partial charge in [0.25, 0.3) is 5.69 Å². The lowest BCUT2D eigenvalue weighted by Crippen LogP contribution is -2.49. The second kappa shape index (κ2) is 9.78. The van der Waals surface area contributed by atoms with Crippen molar-refractivity contribution in [1.82, 2.24) is 5.32 Å².